The molecule has 0 aliphatic rings. The van der Waals surface area contributed by atoms with Crippen LogP contribution in [0.15, 0.2) is 60.8 Å². The van der Waals surface area contributed by atoms with Crippen molar-refractivity contribution in [3.8, 4) is 5.75 Å². The summed E-state index contributed by atoms with van der Waals surface area (Å²) in [6.45, 7) is 2.13. The average molecular weight is 327 g/mol. The van der Waals surface area contributed by atoms with Crippen LogP contribution in [0.5, 0.6) is 5.75 Å². The average Bonchev–Trinajstić information content (AvgIpc) is 2.62. The number of aromatic hydroxyl groups is 1. The van der Waals surface area contributed by atoms with Gasteiger partial charge in [-0.25, -0.2) is 0 Å². The van der Waals surface area contributed by atoms with Gasteiger partial charge in [0.25, 0.3) is 0 Å². The molecular formula is C22H19N2O+. The third kappa shape index (κ3) is 2.64. The molecule has 122 valence electrons. The Balaban J connectivity index is 1.82. The van der Waals surface area contributed by atoms with E-state index in [2.05, 4.69) is 66.0 Å². The number of hydrogen-bond acceptors (Lipinski definition) is 2. The largest absolute Gasteiger partial charge is 0.506 e. The highest BCUT2D eigenvalue weighted by Crippen LogP contribution is 2.25. The van der Waals surface area contributed by atoms with E-state index in [1.807, 2.05) is 18.2 Å². The minimum absolute atomic E-state index is 0.208. The third-order valence-electron chi connectivity index (χ3n) is 4.69. The fraction of sp³-hybridized carbons (Fsp3) is 0.0909. The van der Waals surface area contributed by atoms with Gasteiger partial charge < -0.3 is 5.11 Å². The van der Waals surface area contributed by atoms with Gasteiger partial charge in [0.1, 0.15) is 18.3 Å². The van der Waals surface area contributed by atoms with Crippen LogP contribution >= 0.6 is 0 Å². The van der Waals surface area contributed by atoms with E-state index in [1.54, 1.807) is 12.3 Å². The van der Waals surface area contributed by atoms with E-state index in [9.17, 15) is 5.11 Å². The number of phenols is 1. The number of pyridine rings is 2. The van der Waals surface area contributed by atoms with Crippen LogP contribution in [0.25, 0.3) is 34.0 Å². The fourth-order valence-corrected chi connectivity index (χ4v) is 3.26. The second kappa shape index (κ2) is 6.02. The molecule has 0 fully saturated rings. The molecule has 0 saturated heterocycles. The quantitative estimate of drug-likeness (QED) is 0.554. The van der Waals surface area contributed by atoms with E-state index < -0.39 is 0 Å². The number of benzene rings is 2. The van der Waals surface area contributed by atoms with Crippen molar-refractivity contribution in [3.05, 3.63) is 77.6 Å². The summed E-state index contributed by atoms with van der Waals surface area (Å²) in [5.74, 6) is 0.208. The Morgan fingerprint density at radius 3 is 2.64 bits per heavy atom. The van der Waals surface area contributed by atoms with Crippen molar-refractivity contribution in [2.75, 3.05) is 0 Å². The van der Waals surface area contributed by atoms with Crippen molar-refractivity contribution in [2.24, 2.45) is 7.05 Å². The van der Waals surface area contributed by atoms with Crippen LogP contribution in [0.2, 0.25) is 0 Å². The molecule has 4 aromatic rings. The fourth-order valence-electron chi connectivity index (χ4n) is 3.26. The second-order valence-electron chi connectivity index (χ2n) is 6.23. The Morgan fingerprint density at radius 2 is 1.76 bits per heavy atom. The van der Waals surface area contributed by atoms with Gasteiger partial charge in [0, 0.05) is 35.2 Å². The van der Waals surface area contributed by atoms with Gasteiger partial charge in [-0.05, 0) is 42.3 Å². The van der Waals surface area contributed by atoms with Crippen LogP contribution < -0.4 is 4.57 Å². The van der Waals surface area contributed by atoms with Gasteiger partial charge in [0.05, 0.1) is 0 Å². The van der Waals surface area contributed by atoms with Gasteiger partial charge in [0.2, 0.25) is 11.2 Å². The number of nitrogens with zero attached hydrogens (tertiary/aromatic N) is 2. The first kappa shape index (κ1) is 15.3. The van der Waals surface area contributed by atoms with Gasteiger partial charge in [-0.2, -0.15) is 4.57 Å². The summed E-state index contributed by atoms with van der Waals surface area (Å²) in [7, 11) is 2.08. The zero-order valence-corrected chi connectivity index (χ0v) is 14.3. The molecule has 3 heteroatoms. The van der Waals surface area contributed by atoms with Crippen molar-refractivity contribution in [2.45, 2.75) is 6.92 Å². The van der Waals surface area contributed by atoms with E-state index in [-0.39, 0.29) is 5.75 Å². The molecule has 0 aliphatic heterocycles. The van der Waals surface area contributed by atoms with Crippen molar-refractivity contribution in [3.63, 3.8) is 0 Å². The summed E-state index contributed by atoms with van der Waals surface area (Å²) < 4.78 is 2.19. The molecule has 4 rings (SSSR count). The zero-order chi connectivity index (χ0) is 17.4. The zero-order valence-electron chi connectivity index (χ0n) is 14.3. The van der Waals surface area contributed by atoms with Crippen LogP contribution in [0.4, 0.5) is 0 Å². The van der Waals surface area contributed by atoms with E-state index in [0.717, 1.165) is 16.6 Å². The summed E-state index contributed by atoms with van der Waals surface area (Å²) in [6, 6.07) is 18.1. The van der Waals surface area contributed by atoms with Gasteiger partial charge in [-0.3, -0.25) is 4.98 Å². The highest BCUT2D eigenvalue weighted by atomic mass is 16.3. The second-order valence-corrected chi connectivity index (χ2v) is 6.23. The van der Waals surface area contributed by atoms with Gasteiger partial charge in [0.15, 0.2) is 0 Å². The minimum atomic E-state index is 0.208. The van der Waals surface area contributed by atoms with Crippen LogP contribution in [0, 0.1) is 6.92 Å². The normalized spacial score (nSPS) is 11.6. The Labute approximate surface area is 146 Å². The summed E-state index contributed by atoms with van der Waals surface area (Å²) >= 11 is 0. The summed E-state index contributed by atoms with van der Waals surface area (Å²) in [4.78, 5) is 4.28. The van der Waals surface area contributed by atoms with E-state index in [4.69, 9.17) is 0 Å². The number of fused-ring (bicyclic) bond motifs is 2. The molecule has 0 aliphatic carbocycles. The van der Waals surface area contributed by atoms with E-state index >= 15 is 0 Å². The van der Waals surface area contributed by atoms with Crippen LogP contribution in [-0.4, -0.2) is 10.1 Å². The van der Waals surface area contributed by atoms with Gasteiger partial charge in [-0.1, -0.05) is 24.3 Å². The highest BCUT2D eigenvalue weighted by Gasteiger charge is 2.10. The first-order valence-electron chi connectivity index (χ1n) is 8.28. The van der Waals surface area contributed by atoms with Crippen LogP contribution in [-0.2, 0) is 7.05 Å². The molecule has 2 heterocycles. The molecule has 0 atom stereocenters. The molecule has 0 radical (unpaired) electrons. The molecule has 2 aromatic carbocycles. The Morgan fingerprint density at radius 1 is 0.920 bits per heavy atom. The smallest absolute Gasteiger partial charge is 0.212 e. The number of hydrogen-bond donors (Lipinski definition) is 1. The molecule has 0 bridgehead atoms. The molecule has 1 N–H and O–H groups in total. The van der Waals surface area contributed by atoms with E-state index in [1.165, 1.54) is 16.5 Å². The van der Waals surface area contributed by atoms with Crippen LogP contribution in [0.3, 0.4) is 0 Å². The predicted molar refractivity (Wildman–Crippen MR) is 102 cm³/mol. The van der Waals surface area contributed by atoms with Gasteiger partial charge in [-0.15, -0.1) is 0 Å². The number of aromatic nitrogens is 2. The van der Waals surface area contributed by atoms with Crippen molar-refractivity contribution in [1.82, 2.24) is 4.98 Å². The van der Waals surface area contributed by atoms with Crippen molar-refractivity contribution < 1.29 is 9.67 Å². The van der Waals surface area contributed by atoms with Crippen LogP contribution in [0.1, 0.15) is 16.8 Å². The first-order valence-corrected chi connectivity index (χ1v) is 8.28. The van der Waals surface area contributed by atoms with Crippen molar-refractivity contribution >= 4 is 34.0 Å². The lowest BCUT2D eigenvalue weighted by Crippen LogP contribution is -2.32. The first-order chi connectivity index (χ1) is 12.1. The SMILES string of the molecule is Cc1cccc2c1ccc(/C=C/c1ccnc3c(O)cccc13)[n+]2C. The number of rotatable bonds is 2. The predicted octanol–water partition coefficient (Wildman–Crippen LogP) is 4.40. The summed E-state index contributed by atoms with van der Waals surface area (Å²) in [5, 5.41) is 12.2. The van der Waals surface area contributed by atoms with Crippen molar-refractivity contribution in [1.29, 1.82) is 0 Å². The molecule has 0 saturated carbocycles. The monoisotopic (exact) mass is 327 g/mol. The Kier molecular flexibility index (Phi) is 3.69. The minimum Gasteiger partial charge on any atom is -0.506 e. The Hall–Kier alpha value is -3.20. The molecule has 0 unspecified atom stereocenters. The molecule has 2 aromatic heterocycles. The lowest BCUT2D eigenvalue weighted by Gasteiger charge is -2.04. The summed E-state index contributed by atoms with van der Waals surface area (Å²) in [6.07, 6.45) is 5.90. The number of phenolic OH excluding ortho intramolecular Hbond substituents is 1. The maximum atomic E-state index is 9.98. The molecule has 0 spiro atoms. The highest BCUT2D eigenvalue weighted by molar-refractivity contribution is 5.93. The maximum absolute atomic E-state index is 9.98. The topological polar surface area (TPSA) is 37.0 Å². The molecule has 0 amide bonds. The molecule has 25 heavy (non-hydrogen) atoms. The lowest BCUT2D eigenvalue weighted by atomic mass is 10.1. The number of aryl methyl sites for hydroxylation is 2. The summed E-state index contributed by atoms with van der Waals surface area (Å²) in [5.41, 5.74) is 5.26. The van der Waals surface area contributed by atoms with Gasteiger partial charge >= 0.3 is 0 Å². The standard InChI is InChI=1S/C22H18N2O/c1-15-5-3-7-20-18(15)12-11-17(24(20)2)10-9-16-13-14-23-22-19(16)6-4-8-21(22)25/h3-14H,1-2H3/p+1. The molecule has 3 nitrogen and oxygen atoms in total. The molecular weight excluding hydrogens is 308 g/mol. The maximum Gasteiger partial charge on any atom is 0.212 e. The number of para-hydroxylation sites is 1. The Bertz CT molecular complexity index is 1130. The van der Waals surface area contributed by atoms with E-state index in [0.29, 0.717) is 5.52 Å². The third-order valence-corrected chi connectivity index (χ3v) is 4.69. The lowest BCUT2D eigenvalue weighted by molar-refractivity contribution is -0.646.